The Morgan fingerprint density at radius 3 is 2.22 bits per heavy atom. The number of carboxylic acid groups (broad SMARTS) is 1. The van der Waals surface area contributed by atoms with E-state index in [1.807, 2.05) is 18.7 Å². The third-order valence-electron chi connectivity index (χ3n) is 8.25. The Balaban J connectivity index is 1.71. The second-order valence-corrected chi connectivity index (χ2v) is 12.4. The van der Waals surface area contributed by atoms with Gasteiger partial charge in [0.2, 0.25) is 5.91 Å². The van der Waals surface area contributed by atoms with Gasteiger partial charge in [-0.25, -0.2) is 17.6 Å². The number of likely N-dealkylation sites (tertiary alicyclic amines) is 1. The van der Waals surface area contributed by atoms with Crippen LogP contribution in [0.4, 0.5) is 17.6 Å². The molecule has 2 unspecified atom stereocenters. The summed E-state index contributed by atoms with van der Waals surface area (Å²) in [5.41, 5.74) is 2.28. The van der Waals surface area contributed by atoms with E-state index in [-0.39, 0.29) is 23.5 Å². The van der Waals surface area contributed by atoms with Gasteiger partial charge in [0.25, 0.3) is 5.56 Å². The molecule has 4 rings (SSSR count). The maximum atomic E-state index is 15.4. The molecule has 1 aliphatic rings. The first-order chi connectivity index (χ1) is 21.1. The Hall–Kier alpha value is -3.99. The highest BCUT2D eigenvalue weighted by atomic mass is 19.2. The Bertz CT molecular complexity index is 1630. The van der Waals surface area contributed by atoms with Crippen molar-refractivity contribution in [3.63, 3.8) is 0 Å². The molecule has 2 heterocycles. The van der Waals surface area contributed by atoms with Crippen LogP contribution in [0.5, 0.6) is 0 Å². The van der Waals surface area contributed by atoms with Gasteiger partial charge in [-0.3, -0.25) is 19.3 Å². The van der Waals surface area contributed by atoms with E-state index in [1.165, 1.54) is 28.8 Å². The van der Waals surface area contributed by atoms with E-state index in [2.05, 4.69) is 5.32 Å². The van der Waals surface area contributed by atoms with E-state index in [0.29, 0.717) is 42.7 Å². The molecule has 1 saturated heterocycles. The van der Waals surface area contributed by atoms with E-state index in [9.17, 15) is 28.3 Å². The predicted molar refractivity (Wildman–Crippen MR) is 163 cm³/mol. The molecule has 11 heteroatoms. The van der Waals surface area contributed by atoms with Gasteiger partial charge in [-0.2, -0.15) is 0 Å². The number of hydrogen-bond donors (Lipinski definition) is 2. The number of hydrogen-bond acceptors (Lipinski definition) is 4. The summed E-state index contributed by atoms with van der Waals surface area (Å²) in [5, 5.41) is 12.3. The lowest BCUT2D eigenvalue weighted by Crippen LogP contribution is -2.49. The van der Waals surface area contributed by atoms with Crippen molar-refractivity contribution in [1.82, 2.24) is 14.8 Å². The number of carbonyl (C=O) groups excluding carboxylic acids is 1. The summed E-state index contributed by atoms with van der Waals surface area (Å²) in [6.07, 6.45) is 0.718. The molecule has 1 aromatic heterocycles. The summed E-state index contributed by atoms with van der Waals surface area (Å²) in [7, 11) is 0. The minimum absolute atomic E-state index is 0.0696. The number of amides is 1. The Kier molecular flexibility index (Phi) is 10.5. The lowest BCUT2D eigenvalue weighted by molar-refractivity contribution is -0.138. The van der Waals surface area contributed by atoms with Crippen LogP contribution in [0, 0.1) is 44.1 Å². The van der Waals surface area contributed by atoms with Crippen LogP contribution in [-0.2, 0) is 16.0 Å². The van der Waals surface area contributed by atoms with Crippen LogP contribution in [0.1, 0.15) is 66.6 Å². The molecule has 7 nitrogen and oxygen atoms in total. The maximum Gasteiger partial charge on any atom is 0.305 e. The Labute approximate surface area is 259 Å². The number of benzene rings is 2. The summed E-state index contributed by atoms with van der Waals surface area (Å²) in [4.78, 5) is 40.9. The fourth-order valence-corrected chi connectivity index (χ4v) is 6.01. The molecule has 1 aliphatic heterocycles. The molecule has 0 saturated carbocycles. The molecular formula is C34H39F4N3O4. The number of rotatable bonds is 12. The number of aliphatic carboxylic acids is 1. The van der Waals surface area contributed by atoms with Gasteiger partial charge in [-0.15, -0.1) is 0 Å². The number of nitrogens with one attached hydrogen (secondary N) is 1. The number of carbonyl (C=O) groups is 2. The van der Waals surface area contributed by atoms with Crippen LogP contribution in [0.15, 0.2) is 41.3 Å². The lowest BCUT2D eigenvalue weighted by Gasteiger charge is -2.34. The molecule has 1 amide bonds. The summed E-state index contributed by atoms with van der Waals surface area (Å²) >= 11 is 0. The smallest absolute Gasteiger partial charge is 0.305 e. The van der Waals surface area contributed by atoms with Crippen LogP contribution < -0.4 is 10.9 Å². The Morgan fingerprint density at radius 2 is 1.64 bits per heavy atom. The standard InChI is InChI=1S/C34H39F4N3O4/c1-18(2)8-29(41-15-22(19(3)11-30(41)42)6-7-40-16-25(36)17-40)34(45)39-28(14-31(43)44)26-12-23(13-27(37)33(26)38)32-20(4)9-24(35)10-21(32)5/h9-13,15,18,25,28-29H,6-8,14,16-17H2,1-5H3,(H,39,45)(H,43,44). The lowest BCUT2D eigenvalue weighted by atomic mass is 9.91. The summed E-state index contributed by atoms with van der Waals surface area (Å²) in [6.45, 7) is 10.0. The fraction of sp³-hybridized carbons (Fsp3) is 0.441. The second-order valence-electron chi connectivity index (χ2n) is 12.4. The van der Waals surface area contributed by atoms with E-state index in [0.717, 1.165) is 17.2 Å². The van der Waals surface area contributed by atoms with E-state index >= 15 is 8.78 Å². The largest absolute Gasteiger partial charge is 0.481 e. The molecule has 0 aliphatic carbocycles. The summed E-state index contributed by atoms with van der Waals surface area (Å²) in [5.74, 6) is -5.23. The van der Waals surface area contributed by atoms with Gasteiger partial charge >= 0.3 is 5.97 Å². The van der Waals surface area contributed by atoms with Gasteiger partial charge in [0.1, 0.15) is 18.0 Å². The number of aromatic nitrogens is 1. The molecule has 0 bridgehead atoms. The van der Waals surface area contributed by atoms with Crippen molar-refractivity contribution in [2.75, 3.05) is 19.6 Å². The van der Waals surface area contributed by atoms with Gasteiger partial charge in [-0.05, 0) is 97.2 Å². The van der Waals surface area contributed by atoms with Gasteiger partial charge in [0.15, 0.2) is 11.6 Å². The first kappa shape index (κ1) is 33.9. The van der Waals surface area contributed by atoms with E-state index in [1.54, 1.807) is 27.0 Å². The topological polar surface area (TPSA) is 91.6 Å². The van der Waals surface area contributed by atoms with Crippen molar-refractivity contribution >= 4 is 11.9 Å². The molecule has 242 valence electrons. The summed E-state index contributed by atoms with van der Waals surface area (Å²) in [6, 6.07) is 3.59. The van der Waals surface area contributed by atoms with Crippen molar-refractivity contribution < 1.29 is 32.3 Å². The molecule has 0 radical (unpaired) electrons. The second kappa shape index (κ2) is 14.0. The first-order valence-electron chi connectivity index (χ1n) is 15.0. The third-order valence-corrected chi connectivity index (χ3v) is 8.25. The molecule has 2 aromatic carbocycles. The zero-order chi connectivity index (χ0) is 33.2. The molecular weight excluding hydrogens is 590 g/mol. The van der Waals surface area contributed by atoms with E-state index < -0.39 is 59.6 Å². The van der Waals surface area contributed by atoms with Crippen molar-refractivity contribution in [2.45, 2.75) is 72.1 Å². The highest BCUT2D eigenvalue weighted by Crippen LogP contribution is 2.34. The van der Waals surface area contributed by atoms with Gasteiger partial charge in [0.05, 0.1) is 12.5 Å². The van der Waals surface area contributed by atoms with Crippen LogP contribution in [-0.4, -0.2) is 52.3 Å². The van der Waals surface area contributed by atoms with Crippen LogP contribution in [0.3, 0.4) is 0 Å². The predicted octanol–water partition coefficient (Wildman–Crippen LogP) is 5.97. The Morgan fingerprint density at radius 1 is 1.00 bits per heavy atom. The van der Waals surface area contributed by atoms with Crippen molar-refractivity contribution in [3.05, 3.63) is 92.2 Å². The van der Waals surface area contributed by atoms with Gasteiger partial charge in [-0.1, -0.05) is 13.8 Å². The third kappa shape index (κ3) is 8.00. The summed E-state index contributed by atoms with van der Waals surface area (Å²) < 4.78 is 58.9. The van der Waals surface area contributed by atoms with Crippen LogP contribution >= 0.6 is 0 Å². The molecule has 45 heavy (non-hydrogen) atoms. The quantitative estimate of drug-likeness (QED) is 0.241. The molecule has 2 atom stereocenters. The zero-order valence-electron chi connectivity index (χ0n) is 26.1. The number of aryl methyl sites for hydroxylation is 3. The van der Waals surface area contributed by atoms with Crippen molar-refractivity contribution in [2.24, 2.45) is 5.92 Å². The van der Waals surface area contributed by atoms with Gasteiger partial charge in [0, 0.05) is 37.5 Å². The average molecular weight is 630 g/mol. The van der Waals surface area contributed by atoms with Crippen molar-refractivity contribution in [3.8, 4) is 11.1 Å². The minimum atomic E-state index is -1.49. The number of alkyl halides is 1. The van der Waals surface area contributed by atoms with Crippen LogP contribution in [0.2, 0.25) is 0 Å². The highest BCUT2D eigenvalue weighted by Gasteiger charge is 2.30. The average Bonchev–Trinajstić information content (AvgIpc) is 2.90. The molecule has 1 fully saturated rings. The minimum Gasteiger partial charge on any atom is -0.481 e. The normalized spacial score (nSPS) is 15.2. The van der Waals surface area contributed by atoms with Gasteiger partial charge < -0.3 is 15.0 Å². The molecule has 3 aromatic rings. The number of pyridine rings is 1. The fourth-order valence-electron chi connectivity index (χ4n) is 6.01. The molecule has 2 N–H and O–H groups in total. The number of carboxylic acids is 1. The number of nitrogens with zero attached hydrogens (tertiary/aromatic N) is 2. The van der Waals surface area contributed by atoms with Crippen LogP contribution in [0.25, 0.3) is 11.1 Å². The number of halogens is 4. The molecule has 0 spiro atoms. The zero-order valence-corrected chi connectivity index (χ0v) is 26.1. The first-order valence-corrected chi connectivity index (χ1v) is 15.0. The monoisotopic (exact) mass is 629 g/mol. The van der Waals surface area contributed by atoms with Crippen molar-refractivity contribution in [1.29, 1.82) is 0 Å². The maximum absolute atomic E-state index is 15.4. The highest BCUT2D eigenvalue weighted by molar-refractivity contribution is 5.82. The SMILES string of the molecule is Cc1cc(=O)n(C(CC(C)C)C(=O)NC(CC(=O)O)c2cc(-c3c(C)cc(F)cc3C)cc(F)c2F)cc1CCN1CC(F)C1. The van der Waals surface area contributed by atoms with E-state index in [4.69, 9.17) is 0 Å².